The van der Waals surface area contributed by atoms with E-state index < -0.39 is 10.0 Å². The molecule has 0 saturated heterocycles. The van der Waals surface area contributed by atoms with Gasteiger partial charge in [0.1, 0.15) is 5.75 Å². The highest BCUT2D eigenvalue weighted by Gasteiger charge is 2.23. The summed E-state index contributed by atoms with van der Waals surface area (Å²) < 4.78 is 34.6. The quantitative estimate of drug-likeness (QED) is 0.602. The molecular formula is C19H19N3O4S3. The van der Waals surface area contributed by atoms with Gasteiger partial charge in [0, 0.05) is 16.6 Å². The molecule has 2 heterocycles. The Balaban J connectivity index is 1.62. The first-order chi connectivity index (χ1) is 13.8. The first kappa shape index (κ1) is 20.0. The van der Waals surface area contributed by atoms with Crippen LogP contribution in [0, 0.1) is 0 Å². The minimum absolute atomic E-state index is 0.0703. The van der Waals surface area contributed by atoms with E-state index in [1.807, 2.05) is 19.9 Å². The number of hydrogen-bond donors (Lipinski definition) is 2. The predicted octanol–water partition coefficient (Wildman–Crippen LogP) is 4.32. The SMILES string of the molecule is CCOc1ccc2nc(NS(=O)(=O)c3ccc4c(c3)NC(=O)CC(C)S4)sc2c1. The number of nitrogens with one attached hydrogen (secondary N) is 2. The molecule has 0 radical (unpaired) electrons. The number of thiazole rings is 1. The second-order valence-electron chi connectivity index (χ2n) is 6.53. The number of amides is 1. The summed E-state index contributed by atoms with van der Waals surface area (Å²) in [5.74, 6) is 0.591. The number of nitrogens with zero attached hydrogens (tertiary/aromatic N) is 1. The van der Waals surface area contributed by atoms with Crippen molar-refractivity contribution in [3.05, 3.63) is 36.4 Å². The molecule has 1 unspecified atom stereocenters. The number of aromatic nitrogens is 1. The van der Waals surface area contributed by atoms with Crippen molar-refractivity contribution in [3.63, 3.8) is 0 Å². The van der Waals surface area contributed by atoms with Crippen LogP contribution in [-0.4, -0.2) is 31.2 Å². The molecule has 1 aromatic heterocycles. The lowest BCUT2D eigenvalue weighted by molar-refractivity contribution is -0.116. The fraction of sp³-hybridized carbons (Fsp3) is 0.263. The van der Waals surface area contributed by atoms with E-state index in [0.29, 0.717) is 30.0 Å². The molecule has 2 N–H and O–H groups in total. The second-order valence-corrected chi connectivity index (χ2v) is 10.7. The fourth-order valence-corrected chi connectivity index (χ4v) is 6.18. The summed E-state index contributed by atoms with van der Waals surface area (Å²) in [7, 11) is -3.85. The summed E-state index contributed by atoms with van der Waals surface area (Å²) in [5, 5.41) is 3.19. The van der Waals surface area contributed by atoms with Crippen LogP contribution in [0.3, 0.4) is 0 Å². The number of rotatable bonds is 5. The average Bonchev–Trinajstić information content (AvgIpc) is 2.96. The zero-order valence-electron chi connectivity index (χ0n) is 15.8. The van der Waals surface area contributed by atoms with Gasteiger partial charge in [-0.2, -0.15) is 0 Å². The molecule has 7 nitrogen and oxygen atoms in total. The number of hydrogen-bond acceptors (Lipinski definition) is 7. The molecule has 1 aliphatic heterocycles. The van der Waals surface area contributed by atoms with E-state index in [4.69, 9.17) is 4.74 Å². The van der Waals surface area contributed by atoms with Crippen LogP contribution in [0.4, 0.5) is 10.8 Å². The van der Waals surface area contributed by atoms with Crippen LogP contribution in [0.25, 0.3) is 10.2 Å². The summed E-state index contributed by atoms with van der Waals surface area (Å²) in [4.78, 5) is 17.2. The monoisotopic (exact) mass is 449 g/mol. The van der Waals surface area contributed by atoms with Crippen LogP contribution < -0.4 is 14.8 Å². The Hall–Kier alpha value is -2.30. The molecule has 0 bridgehead atoms. The van der Waals surface area contributed by atoms with E-state index in [9.17, 15) is 13.2 Å². The van der Waals surface area contributed by atoms with E-state index in [0.717, 1.165) is 9.60 Å². The smallest absolute Gasteiger partial charge is 0.263 e. The summed E-state index contributed by atoms with van der Waals surface area (Å²) in [6.45, 7) is 4.42. The molecule has 1 atom stereocenters. The van der Waals surface area contributed by atoms with Crippen LogP contribution in [0.1, 0.15) is 20.3 Å². The normalized spacial score (nSPS) is 16.8. The van der Waals surface area contributed by atoms with E-state index >= 15 is 0 Å². The van der Waals surface area contributed by atoms with Gasteiger partial charge in [-0.05, 0) is 43.3 Å². The topological polar surface area (TPSA) is 97.4 Å². The largest absolute Gasteiger partial charge is 0.494 e. The highest BCUT2D eigenvalue weighted by atomic mass is 32.2. The molecule has 4 rings (SSSR count). The maximum absolute atomic E-state index is 12.9. The lowest BCUT2D eigenvalue weighted by atomic mass is 10.3. The van der Waals surface area contributed by atoms with Crippen LogP contribution in [-0.2, 0) is 14.8 Å². The Bertz CT molecular complexity index is 1190. The predicted molar refractivity (Wildman–Crippen MR) is 117 cm³/mol. The van der Waals surface area contributed by atoms with Crippen molar-refractivity contribution in [2.45, 2.75) is 35.3 Å². The van der Waals surface area contributed by atoms with Crippen molar-refractivity contribution in [3.8, 4) is 5.75 Å². The molecule has 0 fully saturated rings. The van der Waals surface area contributed by atoms with Gasteiger partial charge in [0.05, 0.1) is 27.4 Å². The molecule has 0 aliphatic carbocycles. The van der Waals surface area contributed by atoms with Crippen molar-refractivity contribution in [1.29, 1.82) is 0 Å². The third-order valence-electron chi connectivity index (χ3n) is 4.23. The van der Waals surface area contributed by atoms with Gasteiger partial charge in [0.15, 0.2) is 5.13 Å². The number of carbonyl (C=O) groups excluding carboxylic acids is 1. The van der Waals surface area contributed by atoms with Gasteiger partial charge < -0.3 is 10.1 Å². The first-order valence-corrected chi connectivity index (χ1v) is 12.2. The molecule has 1 aliphatic rings. The van der Waals surface area contributed by atoms with Crippen molar-refractivity contribution < 1.29 is 17.9 Å². The Morgan fingerprint density at radius 2 is 2.10 bits per heavy atom. The van der Waals surface area contributed by atoms with E-state index in [2.05, 4.69) is 15.0 Å². The second kappa shape index (κ2) is 7.85. The van der Waals surface area contributed by atoms with E-state index in [1.54, 1.807) is 36.0 Å². The van der Waals surface area contributed by atoms with E-state index in [-0.39, 0.29) is 21.2 Å². The average molecular weight is 450 g/mol. The zero-order valence-corrected chi connectivity index (χ0v) is 18.2. The number of anilines is 2. The molecule has 0 spiro atoms. The van der Waals surface area contributed by atoms with Crippen molar-refractivity contribution in [2.75, 3.05) is 16.6 Å². The van der Waals surface area contributed by atoms with Gasteiger partial charge in [-0.15, -0.1) is 11.8 Å². The molecule has 1 amide bonds. The van der Waals surface area contributed by atoms with Crippen LogP contribution >= 0.6 is 23.1 Å². The van der Waals surface area contributed by atoms with Gasteiger partial charge in [-0.3, -0.25) is 9.52 Å². The molecule has 3 aromatic rings. The Morgan fingerprint density at radius 1 is 1.28 bits per heavy atom. The third-order valence-corrected chi connectivity index (χ3v) is 7.81. The van der Waals surface area contributed by atoms with E-state index in [1.165, 1.54) is 17.4 Å². The first-order valence-electron chi connectivity index (χ1n) is 9.01. The molecular weight excluding hydrogens is 430 g/mol. The fourth-order valence-electron chi connectivity index (χ4n) is 2.98. The van der Waals surface area contributed by atoms with Crippen LogP contribution in [0.2, 0.25) is 0 Å². The summed E-state index contributed by atoms with van der Waals surface area (Å²) in [5.41, 5.74) is 1.20. The number of ether oxygens (including phenoxy) is 1. The van der Waals surface area contributed by atoms with Gasteiger partial charge in [0.2, 0.25) is 5.91 Å². The minimum atomic E-state index is -3.85. The third kappa shape index (κ3) is 4.34. The van der Waals surface area contributed by atoms with Gasteiger partial charge in [-0.1, -0.05) is 18.3 Å². The van der Waals surface area contributed by atoms with Crippen molar-refractivity contribution in [2.24, 2.45) is 0 Å². The minimum Gasteiger partial charge on any atom is -0.494 e. The lowest BCUT2D eigenvalue weighted by Crippen LogP contribution is -2.15. The number of carbonyl (C=O) groups is 1. The maximum atomic E-state index is 12.9. The maximum Gasteiger partial charge on any atom is 0.263 e. The standard InChI is InChI=1S/C19H19N3O4S3/c1-3-26-12-4-6-14-17(9-12)28-19(21-14)22-29(24,25)13-5-7-16-15(10-13)20-18(23)8-11(2)27-16/h4-7,9-11H,3,8H2,1-2H3,(H,20,23)(H,21,22). The number of sulfonamides is 1. The zero-order chi connectivity index (χ0) is 20.6. The summed E-state index contributed by atoms with van der Waals surface area (Å²) in [6.07, 6.45) is 0.384. The summed E-state index contributed by atoms with van der Waals surface area (Å²) >= 11 is 2.78. The molecule has 152 valence electrons. The van der Waals surface area contributed by atoms with Crippen molar-refractivity contribution in [1.82, 2.24) is 4.98 Å². The number of thioether (sulfide) groups is 1. The lowest BCUT2D eigenvalue weighted by Gasteiger charge is -2.10. The van der Waals surface area contributed by atoms with Crippen LogP contribution in [0.15, 0.2) is 46.2 Å². The molecule has 10 heteroatoms. The Kier molecular flexibility index (Phi) is 5.41. The van der Waals surface area contributed by atoms with Crippen LogP contribution in [0.5, 0.6) is 5.75 Å². The van der Waals surface area contributed by atoms with Gasteiger partial charge in [0.25, 0.3) is 10.0 Å². The number of benzene rings is 2. The summed E-state index contributed by atoms with van der Waals surface area (Å²) in [6, 6.07) is 10.2. The molecule has 0 saturated carbocycles. The highest BCUT2D eigenvalue weighted by Crippen LogP contribution is 2.37. The molecule has 2 aromatic carbocycles. The van der Waals surface area contributed by atoms with Gasteiger partial charge in [-0.25, -0.2) is 13.4 Å². The Morgan fingerprint density at radius 3 is 2.90 bits per heavy atom. The number of fused-ring (bicyclic) bond motifs is 2. The van der Waals surface area contributed by atoms with Gasteiger partial charge >= 0.3 is 0 Å². The Labute approximate surface area is 176 Å². The highest BCUT2D eigenvalue weighted by molar-refractivity contribution is 8.00. The molecule has 29 heavy (non-hydrogen) atoms. The van der Waals surface area contributed by atoms with Crippen molar-refractivity contribution >= 4 is 60.1 Å².